The van der Waals surface area contributed by atoms with Crippen LogP contribution in [0.5, 0.6) is 17.2 Å². The SMILES string of the molecule is CCC(O)CCCc1ccc(OC)c(OC)c1OC. The van der Waals surface area contributed by atoms with E-state index in [1.807, 2.05) is 19.1 Å². The molecule has 4 nitrogen and oxygen atoms in total. The summed E-state index contributed by atoms with van der Waals surface area (Å²) in [5.74, 6) is 2.00. The quantitative estimate of drug-likeness (QED) is 0.787. The Kier molecular flexibility index (Phi) is 6.50. The molecule has 19 heavy (non-hydrogen) atoms. The highest BCUT2D eigenvalue weighted by molar-refractivity contribution is 5.55. The van der Waals surface area contributed by atoms with Crippen molar-refractivity contribution in [3.8, 4) is 17.2 Å². The Morgan fingerprint density at radius 2 is 1.74 bits per heavy atom. The zero-order valence-electron chi connectivity index (χ0n) is 12.2. The van der Waals surface area contributed by atoms with Gasteiger partial charge < -0.3 is 19.3 Å². The van der Waals surface area contributed by atoms with Crippen LogP contribution in [0.2, 0.25) is 0 Å². The Morgan fingerprint density at radius 3 is 2.26 bits per heavy atom. The van der Waals surface area contributed by atoms with Crippen LogP contribution in [-0.4, -0.2) is 32.5 Å². The molecular weight excluding hydrogens is 244 g/mol. The average molecular weight is 268 g/mol. The normalized spacial score (nSPS) is 12.1. The molecule has 0 aliphatic carbocycles. The molecular formula is C15H24O4. The molecule has 0 bridgehead atoms. The molecule has 0 amide bonds. The van der Waals surface area contributed by atoms with Crippen molar-refractivity contribution in [3.63, 3.8) is 0 Å². The highest BCUT2D eigenvalue weighted by Crippen LogP contribution is 2.40. The van der Waals surface area contributed by atoms with Crippen molar-refractivity contribution in [2.75, 3.05) is 21.3 Å². The summed E-state index contributed by atoms with van der Waals surface area (Å²) in [6.45, 7) is 1.99. The molecule has 0 spiro atoms. The van der Waals surface area contributed by atoms with Crippen LogP contribution in [-0.2, 0) is 6.42 Å². The van der Waals surface area contributed by atoms with Crippen molar-refractivity contribution in [1.29, 1.82) is 0 Å². The van der Waals surface area contributed by atoms with Gasteiger partial charge in [0.15, 0.2) is 11.5 Å². The predicted molar refractivity (Wildman–Crippen MR) is 75.3 cm³/mol. The van der Waals surface area contributed by atoms with Gasteiger partial charge in [-0.25, -0.2) is 0 Å². The van der Waals surface area contributed by atoms with Crippen molar-refractivity contribution in [3.05, 3.63) is 17.7 Å². The summed E-state index contributed by atoms with van der Waals surface area (Å²) in [5, 5.41) is 9.57. The van der Waals surface area contributed by atoms with Crippen molar-refractivity contribution >= 4 is 0 Å². The largest absolute Gasteiger partial charge is 0.493 e. The highest BCUT2D eigenvalue weighted by Gasteiger charge is 2.15. The minimum atomic E-state index is -0.217. The number of ether oxygens (including phenoxy) is 3. The van der Waals surface area contributed by atoms with Crippen molar-refractivity contribution in [2.45, 2.75) is 38.7 Å². The first-order valence-electron chi connectivity index (χ1n) is 6.63. The van der Waals surface area contributed by atoms with E-state index in [9.17, 15) is 5.11 Å². The molecule has 1 atom stereocenters. The zero-order chi connectivity index (χ0) is 14.3. The maximum absolute atomic E-state index is 9.57. The second kappa shape index (κ2) is 7.89. The molecule has 0 aliphatic heterocycles. The predicted octanol–water partition coefficient (Wildman–Crippen LogP) is 2.81. The summed E-state index contributed by atoms with van der Waals surface area (Å²) in [6, 6.07) is 3.87. The van der Waals surface area contributed by atoms with Gasteiger partial charge in [0.1, 0.15) is 0 Å². The van der Waals surface area contributed by atoms with E-state index in [-0.39, 0.29) is 6.10 Å². The van der Waals surface area contributed by atoms with Crippen LogP contribution in [0.15, 0.2) is 12.1 Å². The van der Waals surface area contributed by atoms with Gasteiger partial charge in [-0.15, -0.1) is 0 Å². The minimum absolute atomic E-state index is 0.217. The molecule has 1 rings (SSSR count). The van der Waals surface area contributed by atoms with E-state index in [0.717, 1.165) is 31.2 Å². The lowest BCUT2D eigenvalue weighted by molar-refractivity contribution is 0.157. The molecule has 1 aromatic carbocycles. The number of rotatable bonds is 8. The molecule has 0 fully saturated rings. The van der Waals surface area contributed by atoms with Crippen LogP contribution in [0, 0.1) is 0 Å². The first kappa shape index (κ1) is 15.6. The summed E-state index contributed by atoms with van der Waals surface area (Å²) in [5.41, 5.74) is 1.07. The number of benzene rings is 1. The molecule has 0 aliphatic rings. The summed E-state index contributed by atoms with van der Waals surface area (Å²) in [4.78, 5) is 0. The fourth-order valence-corrected chi connectivity index (χ4v) is 2.09. The fraction of sp³-hybridized carbons (Fsp3) is 0.600. The van der Waals surface area contributed by atoms with Gasteiger partial charge >= 0.3 is 0 Å². The van der Waals surface area contributed by atoms with Crippen molar-refractivity contribution in [2.24, 2.45) is 0 Å². The van der Waals surface area contributed by atoms with Gasteiger partial charge in [0.05, 0.1) is 27.4 Å². The molecule has 0 saturated heterocycles. The molecule has 4 heteroatoms. The van der Waals surface area contributed by atoms with E-state index < -0.39 is 0 Å². The molecule has 1 unspecified atom stereocenters. The Balaban J connectivity index is 2.83. The van der Waals surface area contributed by atoms with Gasteiger partial charge in [0.25, 0.3) is 0 Å². The lowest BCUT2D eigenvalue weighted by Crippen LogP contribution is -2.05. The molecule has 0 heterocycles. The summed E-state index contributed by atoms with van der Waals surface area (Å²) in [6.07, 6.45) is 3.14. The van der Waals surface area contributed by atoms with Crippen LogP contribution >= 0.6 is 0 Å². The smallest absolute Gasteiger partial charge is 0.203 e. The average Bonchev–Trinajstić information content (AvgIpc) is 2.45. The Morgan fingerprint density at radius 1 is 1.05 bits per heavy atom. The summed E-state index contributed by atoms with van der Waals surface area (Å²) < 4.78 is 16.0. The number of aryl methyl sites for hydroxylation is 1. The fourth-order valence-electron chi connectivity index (χ4n) is 2.09. The number of aliphatic hydroxyl groups excluding tert-OH is 1. The van der Waals surface area contributed by atoms with Gasteiger partial charge in [0, 0.05) is 0 Å². The van der Waals surface area contributed by atoms with Crippen LogP contribution in [0.4, 0.5) is 0 Å². The molecule has 0 radical (unpaired) electrons. The molecule has 1 aromatic rings. The highest BCUT2D eigenvalue weighted by atomic mass is 16.5. The third-order valence-electron chi connectivity index (χ3n) is 3.24. The van der Waals surface area contributed by atoms with Gasteiger partial charge in [0.2, 0.25) is 5.75 Å². The van der Waals surface area contributed by atoms with Crippen molar-refractivity contribution in [1.82, 2.24) is 0 Å². The van der Waals surface area contributed by atoms with E-state index in [1.54, 1.807) is 21.3 Å². The summed E-state index contributed by atoms with van der Waals surface area (Å²) >= 11 is 0. The van der Waals surface area contributed by atoms with Gasteiger partial charge in [-0.2, -0.15) is 0 Å². The third-order valence-corrected chi connectivity index (χ3v) is 3.24. The monoisotopic (exact) mass is 268 g/mol. The van der Waals surface area contributed by atoms with Gasteiger partial charge in [-0.1, -0.05) is 13.0 Å². The zero-order valence-corrected chi connectivity index (χ0v) is 12.2. The molecule has 0 aromatic heterocycles. The lowest BCUT2D eigenvalue weighted by Gasteiger charge is -2.16. The maximum Gasteiger partial charge on any atom is 0.203 e. The summed E-state index contributed by atoms with van der Waals surface area (Å²) in [7, 11) is 4.83. The first-order chi connectivity index (χ1) is 9.17. The molecule has 1 N–H and O–H groups in total. The first-order valence-corrected chi connectivity index (χ1v) is 6.63. The van der Waals surface area contributed by atoms with Crippen LogP contribution in [0.25, 0.3) is 0 Å². The van der Waals surface area contributed by atoms with Crippen LogP contribution < -0.4 is 14.2 Å². The second-order valence-corrected chi connectivity index (χ2v) is 4.45. The van der Waals surface area contributed by atoms with Crippen LogP contribution in [0.1, 0.15) is 31.7 Å². The van der Waals surface area contributed by atoms with E-state index in [4.69, 9.17) is 14.2 Å². The van der Waals surface area contributed by atoms with Gasteiger partial charge in [-0.3, -0.25) is 0 Å². The number of hydrogen-bond donors (Lipinski definition) is 1. The van der Waals surface area contributed by atoms with Crippen LogP contribution in [0.3, 0.4) is 0 Å². The Labute approximate surface area is 115 Å². The second-order valence-electron chi connectivity index (χ2n) is 4.45. The van der Waals surface area contributed by atoms with E-state index in [0.29, 0.717) is 17.2 Å². The van der Waals surface area contributed by atoms with E-state index in [1.165, 1.54) is 0 Å². The Hall–Kier alpha value is -1.42. The van der Waals surface area contributed by atoms with E-state index >= 15 is 0 Å². The standard InChI is InChI=1S/C15H24O4/c1-5-12(16)8-6-7-11-9-10-13(17-2)15(19-4)14(11)18-3/h9-10,12,16H,5-8H2,1-4H3. The minimum Gasteiger partial charge on any atom is -0.493 e. The lowest BCUT2D eigenvalue weighted by atomic mass is 10.0. The third kappa shape index (κ3) is 4.03. The molecule has 108 valence electrons. The Bertz CT molecular complexity index is 390. The number of hydrogen-bond acceptors (Lipinski definition) is 4. The number of aliphatic hydroxyl groups is 1. The molecule has 0 saturated carbocycles. The topological polar surface area (TPSA) is 47.9 Å². The maximum atomic E-state index is 9.57. The van der Waals surface area contributed by atoms with Crippen molar-refractivity contribution < 1.29 is 19.3 Å². The van der Waals surface area contributed by atoms with Gasteiger partial charge in [-0.05, 0) is 37.3 Å². The van der Waals surface area contributed by atoms with E-state index in [2.05, 4.69) is 0 Å². The number of methoxy groups -OCH3 is 3.